The quantitative estimate of drug-likeness (QED) is 0.702. The monoisotopic (exact) mass is 392 g/mol. The summed E-state index contributed by atoms with van der Waals surface area (Å²) in [5.74, 6) is 0.0920. The van der Waals surface area contributed by atoms with Gasteiger partial charge in [-0.05, 0) is 47.9 Å². The molecule has 1 aliphatic rings. The van der Waals surface area contributed by atoms with Gasteiger partial charge in [-0.15, -0.1) is 12.4 Å². The van der Waals surface area contributed by atoms with Gasteiger partial charge in [-0.2, -0.15) is 0 Å². The second-order valence-corrected chi connectivity index (χ2v) is 6.95. The molecule has 1 atom stereocenters. The first-order chi connectivity index (χ1) is 13.3. The summed E-state index contributed by atoms with van der Waals surface area (Å²) in [5, 5.41) is 3.26. The molecule has 0 aromatic heterocycles. The van der Waals surface area contributed by atoms with Crippen molar-refractivity contribution in [3.8, 4) is 0 Å². The summed E-state index contributed by atoms with van der Waals surface area (Å²) in [7, 11) is 1.96. The second kappa shape index (κ2) is 9.05. The van der Waals surface area contributed by atoms with E-state index >= 15 is 0 Å². The van der Waals surface area contributed by atoms with Gasteiger partial charge in [0, 0.05) is 18.7 Å². The molecule has 1 heterocycles. The van der Waals surface area contributed by atoms with Gasteiger partial charge in [-0.1, -0.05) is 66.7 Å². The number of carbonyl (C=O) groups is 1. The van der Waals surface area contributed by atoms with Gasteiger partial charge in [0.25, 0.3) is 5.91 Å². The summed E-state index contributed by atoms with van der Waals surface area (Å²) in [6.07, 6.45) is 0.888. The fourth-order valence-corrected chi connectivity index (χ4v) is 4.02. The lowest BCUT2D eigenvalue weighted by atomic mass is 9.85. The van der Waals surface area contributed by atoms with Crippen LogP contribution in [0.3, 0.4) is 0 Å². The van der Waals surface area contributed by atoms with Crippen LogP contribution < -0.4 is 5.32 Å². The van der Waals surface area contributed by atoms with Crippen molar-refractivity contribution >= 4 is 18.3 Å². The molecule has 0 saturated heterocycles. The van der Waals surface area contributed by atoms with Crippen LogP contribution in [0.25, 0.3) is 0 Å². The third-order valence-electron chi connectivity index (χ3n) is 5.28. The van der Waals surface area contributed by atoms with Crippen LogP contribution in [0.4, 0.5) is 0 Å². The summed E-state index contributed by atoms with van der Waals surface area (Å²) in [4.78, 5) is 15.4. The maximum Gasteiger partial charge on any atom is 0.254 e. The molecule has 1 unspecified atom stereocenters. The molecule has 0 radical (unpaired) electrons. The zero-order chi connectivity index (χ0) is 18.6. The van der Waals surface area contributed by atoms with Crippen molar-refractivity contribution in [2.45, 2.75) is 19.0 Å². The Bertz CT molecular complexity index is 942. The molecular formula is C24H25ClN2O. The van der Waals surface area contributed by atoms with Crippen LogP contribution in [0, 0.1) is 0 Å². The fourth-order valence-electron chi connectivity index (χ4n) is 4.02. The Labute approximate surface area is 172 Å². The van der Waals surface area contributed by atoms with E-state index in [1.165, 1.54) is 22.3 Å². The standard InChI is InChI=1S/C24H24N2O.ClH/c1-25-17-20-12-6-8-14-22(20)23-21-13-7-5-9-18(21)15-16-26(23)24(27)19-10-3-2-4-11-19;/h2-14,23,25H,15-17H2,1H3;1H. The Balaban J connectivity index is 0.00000225. The van der Waals surface area contributed by atoms with Gasteiger partial charge in [0.2, 0.25) is 0 Å². The molecule has 1 amide bonds. The van der Waals surface area contributed by atoms with Gasteiger partial charge < -0.3 is 10.2 Å². The van der Waals surface area contributed by atoms with E-state index in [9.17, 15) is 4.79 Å². The molecule has 0 bridgehead atoms. The highest BCUT2D eigenvalue weighted by Gasteiger charge is 2.33. The van der Waals surface area contributed by atoms with Crippen molar-refractivity contribution in [2.24, 2.45) is 0 Å². The van der Waals surface area contributed by atoms with Gasteiger partial charge in [0.15, 0.2) is 0 Å². The van der Waals surface area contributed by atoms with E-state index in [1.807, 2.05) is 42.3 Å². The average molecular weight is 393 g/mol. The maximum absolute atomic E-state index is 13.4. The van der Waals surface area contributed by atoms with E-state index in [1.54, 1.807) is 0 Å². The van der Waals surface area contributed by atoms with Crippen LogP contribution in [0.1, 0.15) is 38.7 Å². The summed E-state index contributed by atoms with van der Waals surface area (Å²) in [6.45, 7) is 1.51. The lowest BCUT2D eigenvalue weighted by molar-refractivity contribution is 0.0694. The van der Waals surface area contributed by atoms with E-state index in [4.69, 9.17) is 0 Å². The lowest BCUT2D eigenvalue weighted by Crippen LogP contribution is -2.41. The highest BCUT2D eigenvalue weighted by Crippen LogP contribution is 2.37. The number of hydrogen-bond acceptors (Lipinski definition) is 2. The number of hydrogen-bond donors (Lipinski definition) is 1. The van der Waals surface area contributed by atoms with E-state index in [0.717, 1.165) is 25.1 Å². The molecule has 0 fully saturated rings. The predicted molar refractivity (Wildman–Crippen MR) is 116 cm³/mol. The van der Waals surface area contributed by atoms with Crippen LogP contribution >= 0.6 is 12.4 Å². The molecule has 28 heavy (non-hydrogen) atoms. The number of nitrogens with zero attached hydrogens (tertiary/aromatic N) is 1. The number of carbonyl (C=O) groups excluding carboxylic acids is 1. The van der Waals surface area contributed by atoms with Crippen molar-refractivity contribution in [2.75, 3.05) is 13.6 Å². The largest absolute Gasteiger partial charge is 0.327 e. The number of benzene rings is 3. The molecule has 3 aromatic carbocycles. The molecule has 4 rings (SSSR count). The minimum atomic E-state index is -0.0628. The summed E-state index contributed by atoms with van der Waals surface area (Å²) in [6, 6.07) is 26.5. The van der Waals surface area contributed by atoms with Gasteiger partial charge in [-0.25, -0.2) is 0 Å². The van der Waals surface area contributed by atoms with E-state index in [0.29, 0.717) is 0 Å². The highest BCUT2D eigenvalue weighted by molar-refractivity contribution is 5.95. The van der Waals surface area contributed by atoms with Crippen molar-refractivity contribution < 1.29 is 4.79 Å². The van der Waals surface area contributed by atoms with Crippen molar-refractivity contribution in [1.82, 2.24) is 10.2 Å². The molecule has 144 valence electrons. The number of fused-ring (bicyclic) bond motifs is 1. The van der Waals surface area contributed by atoms with E-state index in [-0.39, 0.29) is 24.4 Å². The van der Waals surface area contributed by atoms with Crippen LogP contribution in [0.15, 0.2) is 78.9 Å². The Morgan fingerprint density at radius 1 is 0.929 bits per heavy atom. The maximum atomic E-state index is 13.4. The van der Waals surface area contributed by atoms with Gasteiger partial charge in [-0.3, -0.25) is 4.79 Å². The van der Waals surface area contributed by atoms with Gasteiger partial charge >= 0.3 is 0 Å². The zero-order valence-corrected chi connectivity index (χ0v) is 16.8. The summed E-state index contributed by atoms with van der Waals surface area (Å²) >= 11 is 0. The van der Waals surface area contributed by atoms with Crippen molar-refractivity contribution in [3.05, 3.63) is 107 Å². The van der Waals surface area contributed by atoms with Crippen LogP contribution in [-0.4, -0.2) is 24.4 Å². The lowest BCUT2D eigenvalue weighted by Gasteiger charge is -2.38. The van der Waals surface area contributed by atoms with Crippen molar-refractivity contribution in [1.29, 1.82) is 0 Å². The number of amides is 1. The molecule has 3 nitrogen and oxygen atoms in total. The summed E-state index contributed by atoms with van der Waals surface area (Å²) in [5.41, 5.74) is 5.74. The Hall–Kier alpha value is -2.62. The molecular weight excluding hydrogens is 368 g/mol. The first kappa shape index (κ1) is 20.1. The fraction of sp³-hybridized carbons (Fsp3) is 0.208. The number of nitrogens with one attached hydrogen (secondary N) is 1. The van der Waals surface area contributed by atoms with Crippen molar-refractivity contribution in [3.63, 3.8) is 0 Å². The normalized spacial score (nSPS) is 15.5. The van der Waals surface area contributed by atoms with Gasteiger partial charge in [0.1, 0.15) is 0 Å². The molecule has 1 N–H and O–H groups in total. The molecule has 1 aliphatic heterocycles. The molecule has 0 spiro atoms. The Morgan fingerprint density at radius 3 is 2.32 bits per heavy atom. The SMILES string of the molecule is CNCc1ccccc1C1c2ccccc2CCN1C(=O)c1ccccc1.Cl. The first-order valence-electron chi connectivity index (χ1n) is 9.46. The molecule has 4 heteroatoms. The second-order valence-electron chi connectivity index (χ2n) is 6.95. The number of rotatable bonds is 4. The Kier molecular flexibility index (Phi) is 6.50. The third kappa shape index (κ3) is 3.82. The smallest absolute Gasteiger partial charge is 0.254 e. The first-order valence-corrected chi connectivity index (χ1v) is 9.46. The Morgan fingerprint density at radius 2 is 1.57 bits per heavy atom. The molecule has 3 aromatic rings. The average Bonchev–Trinajstić information content (AvgIpc) is 2.74. The minimum Gasteiger partial charge on any atom is -0.327 e. The minimum absolute atomic E-state index is 0. The van der Waals surface area contributed by atoms with Crippen LogP contribution in [0.5, 0.6) is 0 Å². The molecule has 0 saturated carbocycles. The highest BCUT2D eigenvalue weighted by atomic mass is 35.5. The summed E-state index contributed by atoms with van der Waals surface area (Å²) < 4.78 is 0. The predicted octanol–water partition coefficient (Wildman–Crippen LogP) is 4.62. The van der Waals surface area contributed by atoms with Crippen LogP contribution in [0.2, 0.25) is 0 Å². The third-order valence-corrected chi connectivity index (χ3v) is 5.28. The van der Waals surface area contributed by atoms with E-state index < -0.39 is 0 Å². The van der Waals surface area contributed by atoms with Crippen LogP contribution in [-0.2, 0) is 13.0 Å². The topological polar surface area (TPSA) is 32.3 Å². The zero-order valence-electron chi connectivity index (χ0n) is 16.0. The number of halogens is 1. The van der Waals surface area contributed by atoms with E-state index in [2.05, 4.69) is 53.8 Å². The van der Waals surface area contributed by atoms with Gasteiger partial charge in [0.05, 0.1) is 6.04 Å². The molecule has 0 aliphatic carbocycles.